The molecule has 7 aromatic carbocycles. The third-order valence-corrected chi connectivity index (χ3v) is 16.2. The van der Waals surface area contributed by atoms with Gasteiger partial charge in [0.2, 0.25) is 0 Å². The van der Waals surface area contributed by atoms with Crippen LogP contribution in [0.4, 0.5) is 57.2 Å². The molecule has 0 bridgehead atoms. The van der Waals surface area contributed by atoms with E-state index in [1.807, 2.05) is 81.4 Å². The zero-order valence-corrected chi connectivity index (χ0v) is 73.2. The van der Waals surface area contributed by atoms with Crippen LogP contribution in [0.15, 0.2) is 175 Å². The molecule has 0 unspecified atom stereocenters. The van der Waals surface area contributed by atoms with Gasteiger partial charge in [0.1, 0.15) is 11.2 Å². The van der Waals surface area contributed by atoms with Crippen LogP contribution >= 0.6 is 83.1 Å². The van der Waals surface area contributed by atoms with Crippen LogP contribution < -0.4 is 73.5 Å². The van der Waals surface area contributed by atoms with Crippen molar-refractivity contribution in [1.82, 2.24) is 21.3 Å². The summed E-state index contributed by atoms with van der Waals surface area (Å²) in [7, 11) is 1.00. The first-order chi connectivity index (χ1) is 51.6. The van der Waals surface area contributed by atoms with Gasteiger partial charge in [-0.25, -0.2) is 14.6 Å². The molecule has 7 rings (SSSR count). The van der Waals surface area contributed by atoms with Crippen LogP contribution in [0.1, 0.15) is 133 Å². The molecule has 0 atom stereocenters. The highest BCUT2D eigenvalue weighted by Gasteiger charge is 2.18. The largest absolute Gasteiger partial charge is 1.00 e. The summed E-state index contributed by atoms with van der Waals surface area (Å²) >= 11 is 19.1. The van der Waals surface area contributed by atoms with Crippen LogP contribution in [0.2, 0.25) is 0 Å². The van der Waals surface area contributed by atoms with Crippen molar-refractivity contribution in [3.8, 4) is 0 Å². The third-order valence-electron chi connectivity index (χ3n) is 13.6. The Bertz CT molecular complexity index is 3980. The third kappa shape index (κ3) is 52.8. The lowest BCUT2D eigenvalue weighted by atomic mass is 9.87. The smallest absolute Gasteiger partial charge is 0.407 e. The Labute approximate surface area is 703 Å². The van der Waals surface area contributed by atoms with Crippen molar-refractivity contribution in [3.05, 3.63) is 240 Å². The topological polar surface area (TPSA) is 376 Å². The van der Waals surface area contributed by atoms with E-state index in [4.69, 9.17) is 49.9 Å². The molecule has 0 aliphatic carbocycles. The van der Waals surface area contributed by atoms with Gasteiger partial charge >= 0.3 is 12.2 Å². The van der Waals surface area contributed by atoms with Crippen LogP contribution in [-0.2, 0) is 66.1 Å². The van der Waals surface area contributed by atoms with Crippen molar-refractivity contribution in [2.45, 2.75) is 151 Å². The van der Waals surface area contributed by atoms with E-state index >= 15 is 0 Å². The molecule has 0 aromatic heterocycles. The van der Waals surface area contributed by atoms with E-state index in [2.05, 4.69) is 150 Å². The standard InChI is InChI=1S/C21H27N3OS2.C14H20N2O3S.C12H16N2O4.C12H15NS.C9H12N2OS.C7H8N2O2.C2H3ClOS.CH4O.2ClH/c1-21(2,3)17-9-5-15(6-10-17)13-22-19(26)23-14-16-7-11-18(12-8-16)24-20(25)27-4;1-14(2,3)19-12(17)15-9-10-5-7-11(8-6-10)16-13(18)20-4;1-12(2,3)18-11(15)13-8-9-4-6-10(7-5-9)14(16)17;1-12(2,3)11-6-4-10(5-7-11)8-13-9-14;1-13-9(12)11-8-4-2-7(6-10)3-5-8;8-5-6-1-3-7(4-2-6)9(10)11;1-5-2(3)4;1-2;;/h5-12H,13-14H2,1-4H3,(H,24,25)(H2,22,23,26);5-8H,9H2,1-4H3,(H,15,17)(H,16,18);4-7H,8H2,1-3H3,(H,13,15);4-7H,8H2,1-3H3;2-5H,6,10H2,1H3,(H,11,12);1-4H,5,8H2;1H3;2H,1H3;2*1H/p-2. The summed E-state index contributed by atoms with van der Waals surface area (Å²) in [6, 6.07) is 51.7. The highest BCUT2D eigenvalue weighted by molar-refractivity contribution is 8.16. The molecule has 0 radical (unpaired) electrons. The van der Waals surface area contributed by atoms with Gasteiger partial charge in [0, 0.05) is 87.7 Å². The maximum atomic E-state index is 11.5. The minimum atomic E-state index is -0.542. The fraction of sp³-hybridized carbons (Fsp3) is 0.359. The van der Waals surface area contributed by atoms with E-state index in [0.717, 1.165) is 99.0 Å². The van der Waals surface area contributed by atoms with Crippen molar-refractivity contribution in [3.63, 3.8) is 0 Å². The Hall–Kier alpha value is -8.40. The number of nitrogens with one attached hydrogen (secondary N) is 7. The highest BCUT2D eigenvalue weighted by Crippen LogP contribution is 2.24. The average Bonchev–Trinajstić information content (AvgIpc) is 0.863. The number of carbonyl (C=O) groups is 6. The fourth-order valence-corrected chi connectivity index (χ4v) is 8.76. The van der Waals surface area contributed by atoms with E-state index < -0.39 is 33.2 Å². The molecule has 7 aromatic rings. The predicted octanol–water partition coefficient (Wildman–Crippen LogP) is 13.3. The molecule has 0 saturated carbocycles. The number of aliphatic imine (C=N–C) groups is 1. The van der Waals surface area contributed by atoms with Gasteiger partial charge in [-0.2, -0.15) is 0 Å². The number of thioether (sulfide) groups is 4. The van der Waals surface area contributed by atoms with E-state index in [-0.39, 0.29) is 73.9 Å². The number of nitrogens with two attached hydrogens (primary N) is 2. The highest BCUT2D eigenvalue weighted by atomic mass is 35.5. The van der Waals surface area contributed by atoms with Gasteiger partial charge in [0.25, 0.3) is 31.7 Å². The summed E-state index contributed by atoms with van der Waals surface area (Å²) in [6.07, 6.45) is 5.88. The number of aliphatic hydroxyl groups excluding tert-OH is 1. The number of ether oxygens (including phenoxy) is 2. The number of nitro benzene ring substituents is 2. The second-order valence-electron chi connectivity index (χ2n) is 26.7. The van der Waals surface area contributed by atoms with Crippen LogP contribution in [0, 0.1) is 20.2 Å². The SMILES string of the molecule is CC(C)(C)OC(=O)NCc1ccc([N+](=O)[O-])cc1.CC(C)(C)c1ccc(CN=C=S)cc1.CO.CSC(=O)Cl.CSC(=O)Nc1ccc(CN)cc1.CSC(=O)Nc1ccc(CNC(=O)OC(C)(C)C)cc1.CSC(=O)Nc1ccc(CNC(=S)NCc2ccc(C(C)(C)C)cc2)cc1.NCc1ccc([N+](=O)[O-])cc1.[Cl-].[Cl-]. The molecule has 12 N–H and O–H groups in total. The molecule has 0 aliphatic rings. The number of alkyl carbamates (subject to hydrolysis) is 2. The quantitative estimate of drug-likeness (QED) is 0.0133. The number of non-ortho nitro benzene ring substituents is 2. The number of carbonyl (C=O) groups excluding carboxylic acids is 6. The summed E-state index contributed by atoms with van der Waals surface area (Å²) in [4.78, 5) is 89.5. The van der Waals surface area contributed by atoms with Gasteiger partial charge < -0.3 is 88.1 Å². The number of nitrogens with zero attached hydrogens (tertiary/aromatic N) is 3. The molecule has 0 spiro atoms. The zero-order chi connectivity index (χ0) is 83.6. The summed E-state index contributed by atoms with van der Waals surface area (Å²) in [5.41, 5.74) is 22.3. The Morgan fingerprint density at radius 3 is 0.920 bits per heavy atom. The number of benzene rings is 7. The Kier molecular flexibility index (Phi) is 56.2. The maximum absolute atomic E-state index is 11.5. The molecule has 34 heteroatoms. The maximum Gasteiger partial charge on any atom is 0.407 e. The number of amides is 5. The lowest BCUT2D eigenvalue weighted by Gasteiger charge is -2.19. The van der Waals surface area contributed by atoms with E-state index in [1.54, 1.807) is 82.2 Å². The molecule has 25 nitrogen and oxygen atoms in total. The van der Waals surface area contributed by atoms with Gasteiger partial charge in [0.05, 0.1) is 21.6 Å². The number of hydrogen-bond acceptors (Lipinski definition) is 22. The number of halogens is 3. The lowest BCUT2D eigenvalue weighted by Crippen LogP contribution is -3.00. The van der Waals surface area contributed by atoms with Gasteiger partial charge in [0.15, 0.2) is 5.11 Å². The van der Waals surface area contributed by atoms with Crippen LogP contribution in [-0.4, -0.2) is 101 Å². The van der Waals surface area contributed by atoms with E-state index in [1.165, 1.54) is 46.5 Å². The summed E-state index contributed by atoms with van der Waals surface area (Å²) in [5, 5.41) is 50.3. The number of isothiocyanates is 1. The molecule has 0 aliphatic heterocycles. The minimum absolute atomic E-state index is 0. The number of rotatable bonds is 17. The number of aliphatic hydroxyl groups is 1. The van der Waals surface area contributed by atoms with Crippen molar-refractivity contribution >= 4 is 154 Å². The van der Waals surface area contributed by atoms with Crippen molar-refractivity contribution in [1.29, 1.82) is 0 Å². The van der Waals surface area contributed by atoms with Crippen molar-refractivity contribution in [2.75, 3.05) is 48.1 Å². The molecule has 0 fully saturated rings. The molecular formula is C78H105Cl3N12O13S6-2. The minimum Gasteiger partial charge on any atom is -1.00 e. The second-order valence-corrected chi connectivity index (χ2v) is 31.0. The van der Waals surface area contributed by atoms with Crippen LogP contribution in [0.5, 0.6) is 0 Å². The van der Waals surface area contributed by atoms with E-state index in [0.29, 0.717) is 44.4 Å². The number of thiocarbonyl (C=S) groups is 2. The Balaban J connectivity index is -0.00000127. The van der Waals surface area contributed by atoms with Crippen LogP contribution in [0.3, 0.4) is 0 Å². The van der Waals surface area contributed by atoms with Crippen molar-refractivity contribution < 1.29 is 78.0 Å². The summed E-state index contributed by atoms with van der Waals surface area (Å²) in [6.45, 7) is 27.6. The monoisotopic (exact) mass is 1710 g/mol. The molecule has 5 amide bonds. The molecular weight excluding hydrogens is 1610 g/mol. The molecule has 0 heterocycles. The normalized spacial score (nSPS) is 10.1. The zero-order valence-electron chi connectivity index (χ0n) is 66.0. The van der Waals surface area contributed by atoms with E-state index in [9.17, 15) is 49.0 Å². The van der Waals surface area contributed by atoms with Gasteiger partial charge in [-0.3, -0.25) is 39.4 Å². The summed E-state index contributed by atoms with van der Waals surface area (Å²) < 4.78 is 9.85. The average molecular weight is 1720 g/mol. The molecule has 0 saturated heterocycles. The molecule has 112 heavy (non-hydrogen) atoms. The van der Waals surface area contributed by atoms with Crippen LogP contribution in [0.25, 0.3) is 0 Å². The molecule has 614 valence electrons. The lowest BCUT2D eigenvalue weighted by molar-refractivity contribution is -0.385. The number of anilines is 3. The van der Waals surface area contributed by atoms with Gasteiger partial charge in [-0.05, 0) is 200 Å². The van der Waals surface area contributed by atoms with Gasteiger partial charge in [-0.15, -0.1) is 0 Å². The first kappa shape index (κ1) is 108. The first-order valence-corrected chi connectivity index (χ1v) is 39.8. The summed E-state index contributed by atoms with van der Waals surface area (Å²) in [5.74, 6) is 0. The number of hydrogen-bond donors (Lipinski definition) is 10. The number of nitro groups is 2. The Morgan fingerprint density at radius 2 is 0.688 bits per heavy atom. The second kappa shape index (κ2) is 58.5. The first-order valence-electron chi connectivity index (χ1n) is 33.7. The predicted molar refractivity (Wildman–Crippen MR) is 463 cm³/mol. The van der Waals surface area contributed by atoms with Crippen molar-refractivity contribution in [2.24, 2.45) is 16.5 Å². The fourth-order valence-electron chi connectivity index (χ4n) is 7.89. The Morgan fingerprint density at radius 1 is 0.446 bits per heavy atom. The van der Waals surface area contributed by atoms with Gasteiger partial charge in [-0.1, -0.05) is 198 Å².